The summed E-state index contributed by atoms with van der Waals surface area (Å²) < 4.78 is 54.0. The molecule has 0 spiro atoms. The molecule has 0 radical (unpaired) electrons. The fourth-order valence-electron chi connectivity index (χ4n) is 4.35. The van der Waals surface area contributed by atoms with Gasteiger partial charge in [-0.3, -0.25) is 4.90 Å². The predicted octanol–water partition coefficient (Wildman–Crippen LogP) is 7.90. The van der Waals surface area contributed by atoms with E-state index in [1.54, 1.807) is 20.8 Å². The Labute approximate surface area is 214 Å². The standard InChI is InChI=1S/C26H34BrF3N2O3/c1-18-21(27)6-5-7-22(18)34-20-11-8-19(9-12-20)10-13-23(26(28,29)30)31-14-16-32(17-15-31)24(33)35-25(2,3)4/h5-7,14-17,19-20,23H,8-13H2,1-4H3/t19?,20?,23-/m0/s1. The summed E-state index contributed by atoms with van der Waals surface area (Å²) in [5.41, 5.74) is 0.362. The largest absolute Gasteiger partial charge is 0.490 e. The van der Waals surface area contributed by atoms with Crippen molar-refractivity contribution in [3.8, 4) is 5.75 Å². The molecule has 1 fully saturated rings. The third kappa shape index (κ3) is 7.92. The van der Waals surface area contributed by atoms with E-state index in [4.69, 9.17) is 9.47 Å². The van der Waals surface area contributed by atoms with E-state index in [0.29, 0.717) is 6.42 Å². The molecule has 1 aromatic rings. The SMILES string of the molecule is Cc1c(Br)cccc1OC1CCC(CC[C@H](N2C=CN(C(=O)OC(C)(C)C)C=C2)C(F)(F)F)CC1. The Morgan fingerprint density at radius 3 is 2.29 bits per heavy atom. The van der Waals surface area contributed by atoms with Crippen molar-refractivity contribution in [3.63, 3.8) is 0 Å². The van der Waals surface area contributed by atoms with Gasteiger partial charge in [0.15, 0.2) is 0 Å². The lowest BCUT2D eigenvalue weighted by molar-refractivity contribution is -0.174. The average molecular weight is 559 g/mol. The summed E-state index contributed by atoms with van der Waals surface area (Å²) in [6.07, 6.45) is 4.09. The van der Waals surface area contributed by atoms with Crippen LogP contribution in [0.2, 0.25) is 0 Å². The molecule has 1 heterocycles. The van der Waals surface area contributed by atoms with Crippen LogP contribution < -0.4 is 4.74 Å². The Morgan fingerprint density at radius 1 is 1.09 bits per heavy atom. The van der Waals surface area contributed by atoms with Crippen LogP contribution in [0.15, 0.2) is 47.5 Å². The second kappa shape index (κ2) is 11.3. The zero-order valence-electron chi connectivity index (χ0n) is 20.6. The number of carbonyl (C=O) groups is 1. The van der Waals surface area contributed by atoms with E-state index in [1.165, 1.54) is 24.8 Å². The maximum atomic E-state index is 13.9. The highest BCUT2D eigenvalue weighted by molar-refractivity contribution is 9.10. The normalized spacial score (nSPS) is 21.7. The molecule has 1 atom stereocenters. The molecule has 1 aromatic carbocycles. The van der Waals surface area contributed by atoms with Gasteiger partial charge >= 0.3 is 12.3 Å². The van der Waals surface area contributed by atoms with Crippen LogP contribution in [0.4, 0.5) is 18.0 Å². The quantitative estimate of drug-likeness (QED) is 0.355. The highest BCUT2D eigenvalue weighted by Crippen LogP contribution is 2.36. The van der Waals surface area contributed by atoms with Crippen LogP contribution in [0.5, 0.6) is 5.75 Å². The van der Waals surface area contributed by atoms with Crippen LogP contribution in [0.3, 0.4) is 0 Å². The smallest absolute Gasteiger partial charge is 0.418 e. The lowest BCUT2D eigenvalue weighted by Crippen LogP contribution is -2.42. The first-order valence-electron chi connectivity index (χ1n) is 12.0. The summed E-state index contributed by atoms with van der Waals surface area (Å²) in [7, 11) is 0. The number of ether oxygens (including phenoxy) is 2. The Bertz CT molecular complexity index is 921. The van der Waals surface area contributed by atoms with Crippen molar-refractivity contribution in [1.29, 1.82) is 0 Å². The fourth-order valence-corrected chi connectivity index (χ4v) is 4.70. The molecule has 2 aliphatic rings. The molecule has 5 nitrogen and oxygen atoms in total. The molecule has 35 heavy (non-hydrogen) atoms. The molecule has 0 bridgehead atoms. The molecule has 0 saturated heterocycles. The third-order valence-corrected chi connectivity index (χ3v) is 7.15. The Kier molecular flexibility index (Phi) is 8.83. The van der Waals surface area contributed by atoms with Gasteiger partial charge in [0.05, 0.1) is 6.10 Å². The summed E-state index contributed by atoms with van der Waals surface area (Å²) in [6, 6.07) is 4.21. The van der Waals surface area contributed by atoms with Gasteiger partial charge in [-0.25, -0.2) is 4.79 Å². The maximum absolute atomic E-state index is 13.9. The number of benzene rings is 1. The first kappa shape index (κ1) is 27.4. The van der Waals surface area contributed by atoms with Crippen LogP contribution in [-0.2, 0) is 4.74 Å². The van der Waals surface area contributed by atoms with E-state index in [-0.39, 0.29) is 18.4 Å². The molecule has 1 amide bonds. The van der Waals surface area contributed by atoms with Gasteiger partial charge in [-0.15, -0.1) is 0 Å². The van der Waals surface area contributed by atoms with Crippen molar-refractivity contribution >= 4 is 22.0 Å². The number of alkyl halides is 3. The summed E-state index contributed by atoms with van der Waals surface area (Å²) >= 11 is 3.51. The highest BCUT2D eigenvalue weighted by Gasteiger charge is 2.43. The second-order valence-electron chi connectivity index (χ2n) is 10.2. The van der Waals surface area contributed by atoms with Crippen LogP contribution in [-0.4, -0.2) is 39.8 Å². The molecule has 3 rings (SSSR count). The number of carbonyl (C=O) groups excluding carboxylic acids is 1. The molecular weight excluding hydrogens is 525 g/mol. The number of hydrogen-bond acceptors (Lipinski definition) is 4. The minimum atomic E-state index is -4.39. The van der Waals surface area contributed by atoms with E-state index in [2.05, 4.69) is 15.9 Å². The number of rotatable bonds is 6. The van der Waals surface area contributed by atoms with E-state index in [0.717, 1.165) is 51.3 Å². The van der Waals surface area contributed by atoms with Gasteiger partial charge < -0.3 is 14.4 Å². The molecule has 1 saturated carbocycles. The van der Waals surface area contributed by atoms with E-state index >= 15 is 0 Å². The fraction of sp³-hybridized carbons (Fsp3) is 0.577. The van der Waals surface area contributed by atoms with Gasteiger partial charge in [0.25, 0.3) is 0 Å². The van der Waals surface area contributed by atoms with Crippen molar-refractivity contribution in [2.75, 3.05) is 0 Å². The Morgan fingerprint density at radius 2 is 1.71 bits per heavy atom. The molecule has 1 aliphatic heterocycles. The Balaban J connectivity index is 1.51. The number of halogens is 4. The number of nitrogens with zero attached hydrogens (tertiary/aromatic N) is 2. The van der Waals surface area contributed by atoms with E-state index < -0.39 is 23.9 Å². The number of hydrogen-bond donors (Lipinski definition) is 0. The first-order chi connectivity index (χ1) is 16.3. The zero-order valence-corrected chi connectivity index (χ0v) is 22.2. The summed E-state index contributed by atoms with van der Waals surface area (Å²) in [5, 5.41) is 0. The minimum Gasteiger partial charge on any atom is -0.490 e. The molecule has 1 aliphatic carbocycles. The lowest BCUT2D eigenvalue weighted by atomic mass is 9.83. The summed E-state index contributed by atoms with van der Waals surface area (Å²) in [4.78, 5) is 14.4. The average Bonchev–Trinajstić information content (AvgIpc) is 2.76. The van der Waals surface area contributed by atoms with Crippen molar-refractivity contribution in [2.45, 2.75) is 90.1 Å². The van der Waals surface area contributed by atoms with Crippen LogP contribution in [0, 0.1) is 12.8 Å². The van der Waals surface area contributed by atoms with Gasteiger partial charge in [-0.1, -0.05) is 22.0 Å². The van der Waals surface area contributed by atoms with Gasteiger partial charge in [0, 0.05) is 34.8 Å². The molecule has 194 valence electrons. The second-order valence-corrected chi connectivity index (χ2v) is 11.0. The van der Waals surface area contributed by atoms with Gasteiger partial charge in [-0.05, 0) is 84.3 Å². The Hall–Kier alpha value is -2.16. The molecular formula is C26H34BrF3N2O3. The third-order valence-electron chi connectivity index (χ3n) is 6.29. The zero-order chi connectivity index (χ0) is 25.8. The molecule has 9 heteroatoms. The van der Waals surface area contributed by atoms with Crippen molar-refractivity contribution in [1.82, 2.24) is 9.80 Å². The highest BCUT2D eigenvalue weighted by atomic mass is 79.9. The van der Waals surface area contributed by atoms with Crippen LogP contribution >= 0.6 is 15.9 Å². The summed E-state index contributed by atoms with van der Waals surface area (Å²) in [5.74, 6) is 1.09. The van der Waals surface area contributed by atoms with Gasteiger partial charge in [0.1, 0.15) is 17.4 Å². The monoisotopic (exact) mass is 558 g/mol. The number of amides is 1. The molecule has 0 N–H and O–H groups in total. The van der Waals surface area contributed by atoms with Crippen LogP contribution in [0.1, 0.15) is 64.9 Å². The van der Waals surface area contributed by atoms with E-state index in [9.17, 15) is 18.0 Å². The first-order valence-corrected chi connectivity index (χ1v) is 12.8. The topological polar surface area (TPSA) is 42.0 Å². The predicted molar refractivity (Wildman–Crippen MR) is 133 cm³/mol. The van der Waals surface area contributed by atoms with Crippen molar-refractivity contribution in [2.24, 2.45) is 5.92 Å². The van der Waals surface area contributed by atoms with E-state index in [1.807, 2.05) is 25.1 Å². The van der Waals surface area contributed by atoms with Gasteiger partial charge in [0.2, 0.25) is 0 Å². The lowest BCUT2D eigenvalue weighted by Gasteiger charge is -2.35. The van der Waals surface area contributed by atoms with Crippen molar-refractivity contribution in [3.05, 3.63) is 53.0 Å². The summed E-state index contributed by atoms with van der Waals surface area (Å²) in [6.45, 7) is 7.19. The van der Waals surface area contributed by atoms with Gasteiger partial charge in [-0.2, -0.15) is 13.2 Å². The maximum Gasteiger partial charge on any atom is 0.418 e. The van der Waals surface area contributed by atoms with Crippen molar-refractivity contribution < 1.29 is 27.4 Å². The molecule has 0 unspecified atom stereocenters. The van der Waals surface area contributed by atoms with Crippen LogP contribution in [0.25, 0.3) is 0 Å². The minimum absolute atomic E-state index is 0.00838. The molecule has 0 aromatic heterocycles.